The standard InChI is InChI=1S/C19H22N6/c1-14-12-19(24-23-14)22-18-7-3-6-17(21-18)15-4-2-5-16(13-15)25-10-8-20-9-11-25/h2-7,12-13,20H,8-11H2,1H3,(H2,21,22,23,24). The highest BCUT2D eigenvalue weighted by Gasteiger charge is 2.11. The molecule has 1 aliphatic rings. The molecule has 0 aliphatic carbocycles. The molecule has 0 amide bonds. The van der Waals surface area contributed by atoms with Crippen molar-refractivity contribution in [3.8, 4) is 11.3 Å². The fourth-order valence-corrected chi connectivity index (χ4v) is 3.06. The first kappa shape index (κ1) is 15.7. The van der Waals surface area contributed by atoms with Gasteiger partial charge < -0.3 is 15.5 Å². The van der Waals surface area contributed by atoms with Gasteiger partial charge in [0.05, 0.1) is 5.69 Å². The monoisotopic (exact) mass is 334 g/mol. The van der Waals surface area contributed by atoms with E-state index in [1.54, 1.807) is 0 Å². The first-order valence-corrected chi connectivity index (χ1v) is 8.60. The van der Waals surface area contributed by atoms with Crippen LogP contribution < -0.4 is 15.5 Å². The molecule has 3 N–H and O–H groups in total. The Kier molecular flexibility index (Phi) is 4.35. The van der Waals surface area contributed by atoms with Crippen molar-refractivity contribution in [2.75, 3.05) is 36.4 Å². The number of H-pyrrole nitrogens is 1. The van der Waals surface area contributed by atoms with Gasteiger partial charge in [-0.05, 0) is 31.2 Å². The third-order valence-corrected chi connectivity index (χ3v) is 4.34. The Morgan fingerprint density at radius 1 is 1.00 bits per heavy atom. The number of aromatic amines is 1. The van der Waals surface area contributed by atoms with Gasteiger partial charge in [0, 0.05) is 49.2 Å². The van der Waals surface area contributed by atoms with E-state index in [9.17, 15) is 0 Å². The maximum absolute atomic E-state index is 4.74. The quantitative estimate of drug-likeness (QED) is 0.684. The minimum atomic E-state index is 0.775. The van der Waals surface area contributed by atoms with Crippen LogP contribution in [0.2, 0.25) is 0 Å². The molecular formula is C19H22N6. The van der Waals surface area contributed by atoms with Crippen LogP contribution in [0.3, 0.4) is 0 Å². The number of benzene rings is 1. The Hall–Kier alpha value is -2.86. The van der Waals surface area contributed by atoms with Crippen LogP contribution in [0.5, 0.6) is 0 Å². The van der Waals surface area contributed by atoms with Gasteiger partial charge in [-0.3, -0.25) is 5.10 Å². The summed E-state index contributed by atoms with van der Waals surface area (Å²) in [7, 11) is 0. The van der Waals surface area contributed by atoms with Crippen LogP contribution in [0.15, 0.2) is 48.5 Å². The summed E-state index contributed by atoms with van der Waals surface area (Å²) in [5.41, 5.74) is 4.34. The summed E-state index contributed by atoms with van der Waals surface area (Å²) in [6, 6.07) is 16.6. The molecule has 0 radical (unpaired) electrons. The lowest BCUT2D eigenvalue weighted by atomic mass is 10.1. The molecular weight excluding hydrogens is 312 g/mol. The maximum atomic E-state index is 4.74. The van der Waals surface area contributed by atoms with Crippen LogP contribution >= 0.6 is 0 Å². The average molecular weight is 334 g/mol. The number of piperazine rings is 1. The third kappa shape index (κ3) is 3.64. The third-order valence-electron chi connectivity index (χ3n) is 4.34. The molecule has 128 valence electrons. The number of anilines is 3. The molecule has 1 aliphatic heterocycles. The van der Waals surface area contributed by atoms with E-state index in [2.05, 4.69) is 50.0 Å². The minimum Gasteiger partial charge on any atom is -0.369 e. The number of rotatable bonds is 4. The van der Waals surface area contributed by atoms with Gasteiger partial charge in [0.2, 0.25) is 0 Å². The second-order valence-corrected chi connectivity index (χ2v) is 6.26. The Morgan fingerprint density at radius 2 is 1.84 bits per heavy atom. The number of aryl methyl sites for hydroxylation is 1. The van der Waals surface area contributed by atoms with Crippen LogP contribution in [0.25, 0.3) is 11.3 Å². The zero-order valence-electron chi connectivity index (χ0n) is 14.3. The number of nitrogens with zero attached hydrogens (tertiary/aromatic N) is 3. The first-order valence-electron chi connectivity index (χ1n) is 8.60. The topological polar surface area (TPSA) is 68.9 Å². The minimum absolute atomic E-state index is 0.775. The molecule has 3 heterocycles. The molecule has 6 heteroatoms. The molecule has 0 saturated carbocycles. The van der Waals surface area contributed by atoms with Crippen LogP contribution in [-0.2, 0) is 0 Å². The lowest BCUT2D eigenvalue weighted by Crippen LogP contribution is -2.43. The molecule has 4 rings (SSSR count). The average Bonchev–Trinajstić information content (AvgIpc) is 3.07. The second kappa shape index (κ2) is 6.94. The second-order valence-electron chi connectivity index (χ2n) is 6.26. The Balaban J connectivity index is 1.58. The van der Waals surface area contributed by atoms with Crippen molar-refractivity contribution in [2.24, 2.45) is 0 Å². The molecule has 0 unspecified atom stereocenters. The van der Waals surface area contributed by atoms with Crippen molar-refractivity contribution >= 4 is 17.3 Å². The first-order chi connectivity index (χ1) is 12.3. The van der Waals surface area contributed by atoms with Gasteiger partial charge >= 0.3 is 0 Å². The van der Waals surface area contributed by atoms with Crippen molar-refractivity contribution in [2.45, 2.75) is 6.92 Å². The fourth-order valence-electron chi connectivity index (χ4n) is 3.06. The van der Waals surface area contributed by atoms with E-state index in [4.69, 9.17) is 4.98 Å². The Labute approximate surface area is 147 Å². The molecule has 2 aromatic heterocycles. The molecule has 0 bridgehead atoms. The van der Waals surface area contributed by atoms with Gasteiger partial charge in [-0.25, -0.2) is 4.98 Å². The predicted octanol–water partition coefficient (Wildman–Crippen LogP) is 2.93. The van der Waals surface area contributed by atoms with E-state index >= 15 is 0 Å². The van der Waals surface area contributed by atoms with Crippen molar-refractivity contribution in [3.05, 3.63) is 54.2 Å². The number of aromatic nitrogens is 3. The summed E-state index contributed by atoms with van der Waals surface area (Å²) in [4.78, 5) is 7.15. The van der Waals surface area contributed by atoms with Crippen LogP contribution in [-0.4, -0.2) is 41.4 Å². The van der Waals surface area contributed by atoms with Crippen molar-refractivity contribution in [1.29, 1.82) is 0 Å². The van der Waals surface area contributed by atoms with Gasteiger partial charge in [-0.15, -0.1) is 0 Å². The summed E-state index contributed by atoms with van der Waals surface area (Å²) in [5, 5.41) is 13.8. The zero-order valence-corrected chi connectivity index (χ0v) is 14.3. The van der Waals surface area contributed by atoms with E-state index < -0.39 is 0 Å². The van der Waals surface area contributed by atoms with Crippen molar-refractivity contribution in [3.63, 3.8) is 0 Å². The van der Waals surface area contributed by atoms with Crippen molar-refractivity contribution in [1.82, 2.24) is 20.5 Å². The molecule has 0 atom stereocenters. The lowest BCUT2D eigenvalue weighted by molar-refractivity contribution is 0.589. The van der Waals surface area contributed by atoms with E-state index in [0.717, 1.165) is 54.8 Å². The van der Waals surface area contributed by atoms with E-state index in [1.807, 2.05) is 31.2 Å². The largest absolute Gasteiger partial charge is 0.369 e. The molecule has 0 spiro atoms. The highest BCUT2D eigenvalue weighted by molar-refractivity contribution is 5.67. The molecule has 1 aromatic carbocycles. The van der Waals surface area contributed by atoms with Gasteiger partial charge in [0.25, 0.3) is 0 Å². The zero-order chi connectivity index (χ0) is 17.1. The SMILES string of the molecule is Cc1cc(Nc2cccc(-c3cccc(N4CCNCC4)c3)n2)n[nH]1. The molecule has 1 saturated heterocycles. The number of hydrogen-bond donors (Lipinski definition) is 3. The summed E-state index contributed by atoms with van der Waals surface area (Å²) in [5.74, 6) is 1.56. The molecule has 25 heavy (non-hydrogen) atoms. The van der Waals surface area contributed by atoms with Gasteiger partial charge in [0.15, 0.2) is 5.82 Å². The predicted molar refractivity (Wildman–Crippen MR) is 101 cm³/mol. The highest BCUT2D eigenvalue weighted by Crippen LogP contribution is 2.25. The summed E-state index contributed by atoms with van der Waals surface area (Å²) >= 11 is 0. The number of pyridine rings is 1. The summed E-state index contributed by atoms with van der Waals surface area (Å²) < 4.78 is 0. The van der Waals surface area contributed by atoms with E-state index in [-0.39, 0.29) is 0 Å². The Bertz CT molecular complexity index is 850. The van der Waals surface area contributed by atoms with Gasteiger partial charge in [-0.1, -0.05) is 18.2 Å². The molecule has 6 nitrogen and oxygen atoms in total. The maximum Gasteiger partial charge on any atom is 0.153 e. The molecule has 1 fully saturated rings. The smallest absolute Gasteiger partial charge is 0.153 e. The number of nitrogens with one attached hydrogen (secondary N) is 3. The normalized spacial score (nSPS) is 14.5. The summed E-state index contributed by atoms with van der Waals surface area (Å²) in [6.45, 7) is 6.12. The van der Waals surface area contributed by atoms with E-state index in [1.165, 1.54) is 5.69 Å². The highest BCUT2D eigenvalue weighted by atomic mass is 15.2. The van der Waals surface area contributed by atoms with Crippen molar-refractivity contribution < 1.29 is 0 Å². The van der Waals surface area contributed by atoms with Gasteiger partial charge in [0.1, 0.15) is 5.82 Å². The van der Waals surface area contributed by atoms with E-state index in [0.29, 0.717) is 0 Å². The lowest BCUT2D eigenvalue weighted by Gasteiger charge is -2.29. The number of hydrogen-bond acceptors (Lipinski definition) is 5. The fraction of sp³-hybridized carbons (Fsp3) is 0.263. The van der Waals surface area contributed by atoms with Crippen LogP contribution in [0.1, 0.15) is 5.69 Å². The summed E-state index contributed by atoms with van der Waals surface area (Å²) in [6.07, 6.45) is 0. The Morgan fingerprint density at radius 3 is 2.64 bits per heavy atom. The van der Waals surface area contributed by atoms with Crippen LogP contribution in [0, 0.1) is 6.92 Å². The van der Waals surface area contributed by atoms with Gasteiger partial charge in [-0.2, -0.15) is 5.10 Å². The molecule has 3 aromatic rings. The van der Waals surface area contributed by atoms with Crippen LogP contribution in [0.4, 0.5) is 17.3 Å².